The van der Waals surface area contributed by atoms with Crippen LogP contribution < -0.4 is 0 Å². The number of pyridine rings is 1. The molecule has 0 aliphatic heterocycles. The molecule has 0 radical (unpaired) electrons. The second kappa shape index (κ2) is 7.70. The van der Waals surface area contributed by atoms with Crippen LogP contribution in [0.2, 0.25) is 0 Å². The van der Waals surface area contributed by atoms with Crippen LogP contribution in [-0.2, 0) is 13.0 Å². The molecule has 1 aromatic carbocycles. The van der Waals surface area contributed by atoms with Gasteiger partial charge in [0, 0.05) is 24.4 Å². The first kappa shape index (κ1) is 15.4. The molecular formula is C18H21NO2. The number of ketones is 1. The Labute approximate surface area is 125 Å². The van der Waals surface area contributed by atoms with Crippen molar-refractivity contribution >= 4 is 5.78 Å². The topological polar surface area (TPSA) is 50.2 Å². The monoisotopic (exact) mass is 283 g/mol. The standard InChI is InChI=1S/C18H21NO2/c1-2-3-4-18(21)17-10-16(11-19-12-17)9-14-5-7-15(13-20)8-6-14/h5-8,10-12,20H,2-4,9,13H2,1H3. The lowest BCUT2D eigenvalue weighted by molar-refractivity contribution is 0.0979. The Hall–Kier alpha value is -2.00. The van der Waals surface area contributed by atoms with E-state index >= 15 is 0 Å². The molecule has 0 bridgehead atoms. The van der Waals surface area contributed by atoms with Gasteiger partial charge in [-0.25, -0.2) is 0 Å². The fourth-order valence-electron chi connectivity index (χ4n) is 2.22. The second-order valence-electron chi connectivity index (χ2n) is 5.26. The lowest BCUT2D eigenvalue weighted by Crippen LogP contribution is -2.01. The summed E-state index contributed by atoms with van der Waals surface area (Å²) in [6.07, 6.45) is 6.73. The Balaban J connectivity index is 2.07. The van der Waals surface area contributed by atoms with Crippen molar-refractivity contribution in [1.29, 1.82) is 0 Å². The summed E-state index contributed by atoms with van der Waals surface area (Å²) in [5.74, 6) is 0.168. The third kappa shape index (κ3) is 4.50. The Morgan fingerprint density at radius 3 is 2.48 bits per heavy atom. The number of aliphatic hydroxyl groups is 1. The van der Waals surface area contributed by atoms with Gasteiger partial charge in [0.15, 0.2) is 5.78 Å². The number of nitrogens with zero attached hydrogens (tertiary/aromatic N) is 1. The van der Waals surface area contributed by atoms with E-state index in [9.17, 15) is 4.79 Å². The van der Waals surface area contributed by atoms with Gasteiger partial charge in [0.25, 0.3) is 0 Å². The predicted octanol–water partition coefficient (Wildman–Crippen LogP) is 3.54. The number of aromatic nitrogens is 1. The number of benzene rings is 1. The first-order chi connectivity index (χ1) is 10.2. The molecule has 1 aromatic heterocycles. The Bertz CT molecular complexity index is 590. The van der Waals surface area contributed by atoms with E-state index in [0.717, 1.165) is 36.0 Å². The highest BCUT2D eigenvalue weighted by Crippen LogP contribution is 2.13. The molecule has 0 spiro atoms. The summed E-state index contributed by atoms with van der Waals surface area (Å²) in [6, 6.07) is 9.76. The smallest absolute Gasteiger partial charge is 0.164 e. The minimum atomic E-state index is 0.0588. The van der Waals surface area contributed by atoms with E-state index in [4.69, 9.17) is 5.11 Å². The first-order valence-corrected chi connectivity index (χ1v) is 7.38. The zero-order chi connectivity index (χ0) is 15.1. The lowest BCUT2D eigenvalue weighted by Gasteiger charge is -2.05. The van der Waals surface area contributed by atoms with Crippen LogP contribution in [0.15, 0.2) is 42.7 Å². The Morgan fingerprint density at radius 1 is 1.10 bits per heavy atom. The SMILES string of the molecule is CCCCC(=O)c1cncc(Cc2ccc(CO)cc2)c1. The number of carbonyl (C=O) groups is 1. The van der Waals surface area contributed by atoms with Crippen molar-refractivity contribution in [3.8, 4) is 0 Å². The maximum Gasteiger partial charge on any atom is 0.164 e. The van der Waals surface area contributed by atoms with Gasteiger partial charge in [-0.3, -0.25) is 9.78 Å². The number of Topliss-reactive ketones (excluding diaryl/α,β-unsaturated/α-hetero) is 1. The average Bonchev–Trinajstić information content (AvgIpc) is 2.53. The minimum absolute atomic E-state index is 0.0588. The molecule has 1 heterocycles. The largest absolute Gasteiger partial charge is 0.392 e. The molecule has 0 aliphatic carbocycles. The second-order valence-corrected chi connectivity index (χ2v) is 5.26. The summed E-state index contributed by atoms with van der Waals surface area (Å²) in [6.45, 7) is 2.14. The van der Waals surface area contributed by atoms with Crippen LogP contribution in [-0.4, -0.2) is 15.9 Å². The number of unbranched alkanes of at least 4 members (excludes halogenated alkanes) is 1. The fourth-order valence-corrected chi connectivity index (χ4v) is 2.22. The van der Waals surface area contributed by atoms with Crippen LogP contribution in [0.3, 0.4) is 0 Å². The van der Waals surface area contributed by atoms with Crippen LogP contribution in [0.5, 0.6) is 0 Å². The predicted molar refractivity (Wildman–Crippen MR) is 83.3 cm³/mol. The van der Waals surface area contributed by atoms with Crippen molar-refractivity contribution < 1.29 is 9.90 Å². The minimum Gasteiger partial charge on any atom is -0.392 e. The van der Waals surface area contributed by atoms with Gasteiger partial charge in [-0.1, -0.05) is 37.6 Å². The molecule has 0 fully saturated rings. The number of carbonyl (C=O) groups excluding carboxylic acids is 1. The third-order valence-electron chi connectivity index (χ3n) is 3.49. The van der Waals surface area contributed by atoms with E-state index in [2.05, 4.69) is 11.9 Å². The van der Waals surface area contributed by atoms with Crippen LogP contribution in [0.4, 0.5) is 0 Å². The zero-order valence-electron chi connectivity index (χ0n) is 12.4. The summed E-state index contributed by atoms with van der Waals surface area (Å²) in [5.41, 5.74) is 3.79. The maximum atomic E-state index is 12.0. The van der Waals surface area contributed by atoms with Crippen molar-refractivity contribution in [2.75, 3.05) is 0 Å². The van der Waals surface area contributed by atoms with Crippen LogP contribution in [0, 0.1) is 0 Å². The van der Waals surface area contributed by atoms with E-state index in [-0.39, 0.29) is 12.4 Å². The highest BCUT2D eigenvalue weighted by molar-refractivity contribution is 5.95. The van der Waals surface area contributed by atoms with Crippen molar-refractivity contribution in [3.05, 3.63) is 65.0 Å². The van der Waals surface area contributed by atoms with E-state index in [1.54, 1.807) is 12.4 Å². The molecule has 0 saturated heterocycles. The molecule has 21 heavy (non-hydrogen) atoms. The van der Waals surface area contributed by atoms with Crippen LogP contribution >= 0.6 is 0 Å². The van der Waals surface area contributed by atoms with E-state index < -0.39 is 0 Å². The van der Waals surface area contributed by atoms with Gasteiger partial charge in [-0.2, -0.15) is 0 Å². The number of hydrogen-bond acceptors (Lipinski definition) is 3. The van der Waals surface area contributed by atoms with Crippen LogP contribution in [0.1, 0.15) is 53.2 Å². The Kier molecular flexibility index (Phi) is 5.64. The summed E-state index contributed by atoms with van der Waals surface area (Å²) in [7, 11) is 0. The molecule has 1 N–H and O–H groups in total. The van der Waals surface area contributed by atoms with Gasteiger partial charge in [0.05, 0.1) is 6.61 Å². The molecule has 3 nitrogen and oxygen atoms in total. The van der Waals surface area contributed by atoms with Gasteiger partial charge < -0.3 is 5.11 Å². The van der Waals surface area contributed by atoms with Gasteiger partial charge in [0.2, 0.25) is 0 Å². The van der Waals surface area contributed by atoms with Crippen LogP contribution in [0.25, 0.3) is 0 Å². The quantitative estimate of drug-likeness (QED) is 0.791. The van der Waals surface area contributed by atoms with Crippen molar-refractivity contribution in [2.45, 2.75) is 39.2 Å². The molecule has 0 aliphatic rings. The Morgan fingerprint density at radius 2 is 1.81 bits per heavy atom. The van der Waals surface area contributed by atoms with Crippen molar-refractivity contribution in [3.63, 3.8) is 0 Å². The van der Waals surface area contributed by atoms with E-state index in [1.165, 1.54) is 0 Å². The summed E-state index contributed by atoms with van der Waals surface area (Å²) >= 11 is 0. The lowest BCUT2D eigenvalue weighted by atomic mass is 10.0. The highest BCUT2D eigenvalue weighted by atomic mass is 16.3. The molecule has 0 saturated carbocycles. The maximum absolute atomic E-state index is 12.0. The molecule has 2 rings (SSSR count). The molecule has 2 aromatic rings. The van der Waals surface area contributed by atoms with Crippen molar-refractivity contribution in [1.82, 2.24) is 4.98 Å². The molecule has 0 unspecified atom stereocenters. The van der Waals surface area contributed by atoms with Gasteiger partial charge in [0.1, 0.15) is 0 Å². The molecule has 0 atom stereocenters. The summed E-state index contributed by atoms with van der Waals surface area (Å²) < 4.78 is 0. The zero-order valence-corrected chi connectivity index (χ0v) is 12.4. The number of aliphatic hydroxyl groups excluding tert-OH is 1. The first-order valence-electron chi connectivity index (χ1n) is 7.38. The van der Waals surface area contributed by atoms with E-state index in [1.807, 2.05) is 30.3 Å². The van der Waals surface area contributed by atoms with Gasteiger partial charge >= 0.3 is 0 Å². The third-order valence-corrected chi connectivity index (χ3v) is 3.49. The van der Waals surface area contributed by atoms with Gasteiger partial charge in [-0.05, 0) is 35.6 Å². The molecular weight excluding hydrogens is 262 g/mol. The van der Waals surface area contributed by atoms with E-state index in [0.29, 0.717) is 12.0 Å². The molecule has 3 heteroatoms. The summed E-state index contributed by atoms with van der Waals surface area (Å²) in [5, 5.41) is 9.04. The fraction of sp³-hybridized carbons (Fsp3) is 0.333. The number of hydrogen-bond donors (Lipinski definition) is 1. The van der Waals surface area contributed by atoms with Gasteiger partial charge in [-0.15, -0.1) is 0 Å². The highest BCUT2D eigenvalue weighted by Gasteiger charge is 2.07. The molecule has 110 valence electrons. The normalized spacial score (nSPS) is 10.6. The average molecular weight is 283 g/mol. The number of rotatable bonds is 7. The van der Waals surface area contributed by atoms with Crippen molar-refractivity contribution in [2.24, 2.45) is 0 Å². The summed E-state index contributed by atoms with van der Waals surface area (Å²) in [4.78, 5) is 16.2. The molecule has 0 amide bonds.